The van der Waals surface area contributed by atoms with Crippen molar-refractivity contribution in [3.8, 4) is 5.88 Å². The Morgan fingerprint density at radius 1 is 1.19 bits per heavy atom. The van der Waals surface area contributed by atoms with Gasteiger partial charge in [0.1, 0.15) is 6.33 Å². The van der Waals surface area contributed by atoms with Crippen LogP contribution in [0.4, 0.5) is 5.69 Å². The normalized spacial score (nSPS) is 21.5. The summed E-state index contributed by atoms with van der Waals surface area (Å²) in [6.45, 7) is 8.42. The minimum absolute atomic E-state index is 0.0388. The number of nitrogens with one attached hydrogen (secondary N) is 1. The van der Waals surface area contributed by atoms with Crippen molar-refractivity contribution in [2.75, 3.05) is 37.6 Å². The fraction of sp³-hybridized carbons (Fsp3) is 0.550. The quantitative estimate of drug-likeness (QED) is 0.886. The predicted molar refractivity (Wildman–Crippen MR) is 105 cm³/mol. The molecule has 0 aliphatic carbocycles. The number of ether oxygens (including phenoxy) is 1. The van der Waals surface area contributed by atoms with Crippen LogP contribution in [0.3, 0.4) is 0 Å². The standard InChI is InChI=1S/C20H27N5O2/c1-14(2)27-20-16-12-15(5-6-17(16)22-13-23-20)24-8-10-25(11-9-24)18-4-3-7-21-19(18)26/h5-6,12-14,18H,3-4,7-11H2,1-2H3,(H,21,26). The van der Waals surface area contributed by atoms with Gasteiger partial charge in [-0.15, -0.1) is 0 Å². The molecule has 1 unspecified atom stereocenters. The lowest BCUT2D eigenvalue weighted by molar-refractivity contribution is -0.128. The van der Waals surface area contributed by atoms with E-state index in [4.69, 9.17) is 4.74 Å². The van der Waals surface area contributed by atoms with Crippen LogP contribution in [-0.4, -0.2) is 65.6 Å². The highest BCUT2D eigenvalue weighted by atomic mass is 16.5. The first-order chi connectivity index (χ1) is 13.1. The highest BCUT2D eigenvalue weighted by Crippen LogP contribution is 2.28. The number of amides is 1. The molecule has 0 spiro atoms. The molecule has 2 fully saturated rings. The highest BCUT2D eigenvalue weighted by molar-refractivity contribution is 5.86. The van der Waals surface area contributed by atoms with E-state index >= 15 is 0 Å². The lowest BCUT2D eigenvalue weighted by Gasteiger charge is -2.40. The van der Waals surface area contributed by atoms with E-state index in [9.17, 15) is 4.79 Å². The second kappa shape index (κ2) is 7.68. The number of anilines is 1. The summed E-state index contributed by atoms with van der Waals surface area (Å²) in [6.07, 6.45) is 3.65. The van der Waals surface area contributed by atoms with Crippen LogP contribution in [0, 0.1) is 0 Å². The number of nitrogens with zero attached hydrogens (tertiary/aromatic N) is 4. The van der Waals surface area contributed by atoms with Gasteiger partial charge in [-0.2, -0.15) is 0 Å². The number of benzene rings is 1. The van der Waals surface area contributed by atoms with E-state index in [2.05, 4.69) is 37.2 Å². The molecule has 4 rings (SSSR count). The van der Waals surface area contributed by atoms with Crippen LogP contribution in [0.15, 0.2) is 24.5 Å². The molecule has 1 atom stereocenters. The van der Waals surface area contributed by atoms with E-state index in [-0.39, 0.29) is 18.1 Å². The number of hydrogen-bond donors (Lipinski definition) is 1. The van der Waals surface area contributed by atoms with Crippen LogP contribution in [0.5, 0.6) is 5.88 Å². The molecule has 2 aliphatic rings. The maximum absolute atomic E-state index is 12.1. The number of rotatable bonds is 4. The Morgan fingerprint density at radius 3 is 2.74 bits per heavy atom. The van der Waals surface area contributed by atoms with Gasteiger partial charge in [0.25, 0.3) is 0 Å². The number of piperazine rings is 1. The summed E-state index contributed by atoms with van der Waals surface area (Å²) in [5, 5.41) is 3.93. The predicted octanol–water partition coefficient (Wildman–Crippen LogP) is 1.82. The molecule has 2 aromatic rings. The van der Waals surface area contributed by atoms with Gasteiger partial charge in [0.2, 0.25) is 11.8 Å². The van der Waals surface area contributed by atoms with Crippen molar-refractivity contribution >= 4 is 22.5 Å². The summed E-state index contributed by atoms with van der Waals surface area (Å²) in [5.41, 5.74) is 2.04. The van der Waals surface area contributed by atoms with Gasteiger partial charge in [-0.25, -0.2) is 9.97 Å². The number of aromatic nitrogens is 2. The largest absolute Gasteiger partial charge is 0.474 e. The van der Waals surface area contributed by atoms with E-state index in [1.807, 2.05) is 19.9 Å². The van der Waals surface area contributed by atoms with Crippen LogP contribution in [0.1, 0.15) is 26.7 Å². The van der Waals surface area contributed by atoms with Crippen LogP contribution in [0.2, 0.25) is 0 Å². The maximum Gasteiger partial charge on any atom is 0.237 e. The Kier molecular flexibility index (Phi) is 5.11. The molecule has 1 N–H and O–H groups in total. The molecular formula is C20H27N5O2. The molecule has 1 amide bonds. The monoisotopic (exact) mass is 369 g/mol. The van der Waals surface area contributed by atoms with Crippen molar-refractivity contribution in [3.05, 3.63) is 24.5 Å². The molecule has 3 heterocycles. The average Bonchev–Trinajstić information content (AvgIpc) is 2.68. The molecule has 2 saturated heterocycles. The van der Waals surface area contributed by atoms with Gasteiger partial charge in [0, 0.05) is 38.4 Å². The summed E-state index contributed by atoms with van der Waals surface area (Å²) in [7, 11) is 0. The van der Waals surface area contributed by atoms with Crippen molar-refractivity contribution < 1.29 is 9.53 Å². The third-order valence-corrected chi connectivity index (χ3v) is 5.31. The van der Waals surface area contributed by atoms with Gasteiger partial charge in [0.05, 0.1) is 23.0 Å². The fourth-order valence-electron chi connectivity index (χ4n) is 3.93. The van der Waals surface area contributed by atoms with Crippen LogP contribution in [0.25, 0.3) is 10.9 Å². The van der Waals surface area contributed by atoms with Crippen LogP contribution in [-0.2, 0) is 4.79 Å². The fourth-order valence-corrected chi connectivity index (χ4v) is 3.93. The van der Waals surface area contributed by atoms with Crippen molar-refractivity contribution in [3.63, 3.8) is 0 Å². The molecule has 0 bridgehead atoms. The molecule has 7 heteroatoms. The van der Waals surface area contributed by atoms with Crippen molar-refractivity contribution in [2.24, 2.45) is 0 Å². The van der Waals surface area contributed by atoms with E-state index in [1.165, 1.54) is 0 Å². The molecule has 1 aromatic heterocycles. The molecule has 0 radical (unpaired) electrons. The lowest BCUT2D eigenvalue weighted by atomic mass is 10.0. The number of carbonyl (C=O) groups is 1. The maximum atomic E-state index is 12.1. The van der Waals surface area contributed by atoms with E-state index in [0.29, 0.717) is 5.88 Å². The van der Waals surface area contributed by atoms with Crippen molar-refractivity contribution in [1.82, 2.24) is 20.2 Å². The average molecular weight is 369 g/mol. The Hall–Kier alpha value is -2.41. The minimum atomic E-state index is 0.0388. The third kappa shape index (κ3) is 3.83. The second-order valence-electron chi connectivity index (χ2n) is 7.52. The second-order valence-corrected chi connectivity index (χ2v) is 7.52. The first-order valence-electron chi connectivity index (χ1n) is 9.80. The number of piperidine rings is 1. The third-order valence-electron chi connectivity index (χ3n) is 5.31. The summed E-state index contributed by atoms with van der Waals surface area (Å²) in [5.74, 6) is 0.822. The molecule has 2 aliphatic heterocycles. The van der Waals surface area contributed by atoms with Crippen LogP contribution < -0.4 is 15.0 Å². The first-order valence-corrected chi connectivity index (χ1v) is 9.80. The van der Waals surface area contributed by atoms with Gasteiger partial charge < -0.3 is 15.0 Å². The Morgan fingerprint density at radius 2 is 2.00 bits per heavy atom. The molecule has 1 aromatic carbocycles. The smallest absolute Gasteiger partial charge is 0.237 e. The zero-order valence-corrected chi connectivity index (χ0v) is 16.0. The zero-order valence-electron chi connectivity index (χ0n) is 16.0. The highest BCUT2D eigenvalue weighted by Gasteiger charge is 2.30. The summed E-state index contributed by atoms with van der Waals surface area (Å²) >= 11 is 0. The van der Waals surface area contributed by atoms with Gasteiger partial charge in [-0.05, 0) is 44.9 Å². The SMILES string of the molecule is CC(C)Oc1ncnc2ccc(N3CCN(C4CCCNC4=O)CC3)cc12. The molecule has 27 heavy (non-hydrogen) atoms. The Labute approximate surface area is 159 Å². The van der Waals surface area contributed by atoms with Crippen LogP contribution >= 0.6 is 0 Å². The molecule has 0 saturated carbocycles. The zero-order chi connectivity index (χ0) is 18.8. The minimum Gasteiger partial charge on any atom is -0.474 e. The Bertz CT molecular complexity index is 817. The van der Waals surface area contributed by atoms with Gasteiger partial charge in [-0.3, -0.25) is 9.69 Å². The molecule has 7 nitrogen and oxygen atoms in total. The summed E-state index contributed by atoms with van der Waals surface area (Å²) < 4.78 is 5.86. The summed E-state index contributed by atoms with van der Waals surface area (Å²) in [6, 6.07) is 6.30. The van der Waals surface area contributed by atoms with Gasteiger partial charge >= 0.3 is 0 Å². The van der Waals surface area contributed by atoms with Crippen molar-refractivity contribution in [1.29, 1.82) is 0 Å². The summed E-state index contributed by atoms with van der Waals surface area (Å²) in [4.78, 5) is 25.5. The topological polar surface area (TPSA) is 70.6 Å². The lowest BCUT2D eigenvalue weighted by Crippen LogP contribution is -2.56. The molecular weight excluding hydrogens is 342 g/mol. The Balaban J connectivity index is 1.49. The van der Waals surface area contributed by atoms with E-state index in [0.717, 1.165) is 62.2 Å². The number of fused-ring (bicyclic) bond motifs is 1. The molecule has 144 valence electrons. The number of carbonyl (C=O) groups excluding carboxylic acids is 1. The van der Waals surface area contributed by atoms with Crippen molar-refractivity contribution in [2.45, 2.75) is 38.8 Å². The number of hydrogen-bond acceptors (Lipinski definition) is 6. The van der Waals surface area contributed by atoms with Gasteiger partial charge in [-0.1, -0.05) is 0 Å². The first kappa shape index (κ1) is 18.0. The van der Waals surface area contributed by atoms with E-state index < -0.39 is 0 Å². The van der Waals surface area contributed by atoms with Gasteiger partial charge in [0.15, 0.2) is 0 Å². The van der Waals surface area contributed by atoms with E-state index in [1.54, 1.807) is 6.33 Å².